The smallest absolute Gasteiger partial charge is 0.152 e. The minimum atomic E-state index is -2.88. The van der Waals surface area contributed by atoms with Gasteiger partial charge >= 0.3 is 0 Å². The minimum Gasteiger partial charge on any atom is -0.397 e. The van der Waals surface area contributed by atoms with Gasteiger partial charge in [0.05, 0.1) is 22.9 Å². The lowest BCUT2D eigenvalue weighted by Gasteiger charge is -2.24. The van der Waals surface area contributed by atoms with Crippen molar-refractivity contribution in [1.29, 1.82) is 0 Å². The Labute approximate surface area is 102 Å². The fourth-order valence-electron chi connectivity index (χ4n) is 2.15. The van der Waals surface area contributed by atoms with E-state index in [9.17, 15) is 8.42 Å². The first-order chi connectivity index (χ1) is 7.96. The number of nitrogens with two attached hydrogens (primary N) is 1. The maximum atomic E-state index is 11.5. The van der Waals surface area contributed by atoms with Gasteiger partial charge in [0.1, 0.15) is 0 Å². The zero-order valence-corrected chi connectivity index (χ0v) is 10.8. The van der Waals surface area contributed by atoms with Crippen molar-refractivity contribution in [2.24, 2.45) is 0 Å². The number of nitrogen functional groups attached to an aromatic ring is 1. The molecule has 0 amide bonds. The summed E-state index contributed by atoms with van der Waals surface area (Å²) in [6.45, 7) is 1.99. The van der Waals surface area contributed by atoms with Gasteiger partial charge in [0, 0.05) is 6.04 Å². The van der Waals surface area contributed by atoms with Crippen molar-refractivity contribution in [3.8, 4) is 0 Å². The Hall–Kier alpha value is -1.23. The molecule has 0 radical (unpaired) electrons. The number of anilines is 2. The lowest BCUT2D eigenvalue weighted by Crippen LogP contribution is -2.35. The number of hydrogen-bond acceptors (Lipinski definition) is 4. The number of nitrogens with one attached hydrogen (secondary N) is 1. The van der Waals surface area contributed by atoms with Gasteiger partial charge in [-0.15, -0.1) is 0 Å². The first kappa shape index (κ1) is 12.2. The van der Waals surface area contributed by atoms with Crippen LogP contribution in [0.3, 0.4) is 0 Å². The van der Waals surface area contributed by atoms with Gasteiger partial charge < -0.3 is 11.1 Å². The number of hydrogen-bond donors (Lipinski definition) is 2. The fourth-order valence-corrected chi connectivity index (χ4v) is 3.79. The molecule has 0 saturated carbocycles. The topological polar surface area (TPSA) is 72.2 Å². The van der Waals surface area contributed by atoms with Crippen LogP contribution < -0.4 is 11.1 Å². The van der Waals surface area contributed by atoms with Gasteiger partial charge in [-0.25, -0.2) is 8.42 Å². The first-order valence-electron chi connectivity index (χ1n) is 5.79. The van der Waals surface area contributed by atoms with E-state index in [0.717, 1.165) is 24.1 Å². The number of sulfone groups is 1. The van der Waals surface area contributed by atoms with Gasteiger partial charge in [-0.1, -0.05) is 6.07 Å². The SMILES string of the molecule is Cc1ccc(N)c(NC2CCCS(=O)(=O)C2)c1. The van der Waals surface area contributed by atoms with Crippen molar-refractivity contribution in [2.45, 2.75) is 25.8 Å². The summed E-state index contributed by atoms with van der Waals surface area (Å²) < 4.78 is 23.1. The van der Waals surface area contributed by atoms with Gasteiger partial charge in [-0.3, -0.25) is 0 Å². The molecule has 94 valence electrons. The molecule has 2 rings (SSSR count). The molecular formula is C12H18N2O2S. The predicted octanol–water partition coefficient (Wildman–Crippen LogP) is 1.57. The van der Waals surface area contributed by atoms with E-state index in [-0.39, 0.29) is 11.8 Å². The van der Waals surface area contributed by atoms with Crippen LogP contribution >= 0.6 is 0 Å². The molecule has 0 aromatic heterocycles. The van der Waals surface area contributed by atoms with Crippen molar-refractivity contribution in [3.05, 3.63) is 23.8 Å². The van der Waals surface area contributed by atoms with E-state index in [1.54, 1.807) is 0 Å². The van der Waals surface area contributed by atoms with Crippen molar-refractivity contribution in [2.75, 3.05) is 22.6 Å². The average molecular weight is 254 g/mol. The standard InChI is InChI=1S/C12H18N2O2S/c1-9-4-5-11(13)12(7-9)14-10-3-2-6-17(15,16)8-10/h4-5,7,10,14H,2-3,6,8,13H2,1H3. The number of benzene rings is 1. The van der Waals surface area contributed by atoms with E-state index in [1.807, 2.05) is 25.1 Å². The second-order valence-corrected chi connectivity index (χ2v) is 6.92. The van der Waals surface area contributed by atoms with E-state index in [0.29, 0.717) is 11.4 Å². The lowest BCUT2D eigenvalue weighted by molar-refractivity contribution is 0.562. The summed E-state index contributed by atoms with van der Waals surface area (Å²) in [5, 5.41) is 3.24. The molecule has 1 fully saturated rings. The van der Waals surface area contributed by atoms with Gasteiger partial charge in [0.25, 0.3) is 0 Å². The van der Waals surface area contributed by atoms with E-state index < -0.39 is 9.84 Å². The molecule has 1 aromatic carbocycles. The normalized spacial score (nSPS) is 23.2. The summed E-state index contributed by atoms with van der Waals surface area (Å²) >= 11 is 0. The predicted molar refractivity (Wildman–Crippen MR) is 70.9 cm³/mol. The molecule has 4 nitrogen and oxygen atoms in total. The molecule has 1 saturated heterocycles. The van der Waals surface area contributed by atoms with Crippen molar-refractivity contribution in [3.63, 3.8) is 0 Å². The second kappa shape index (κ2) is 4.56. The minimum absolute atomic E-state index is 0.0159. The van der Waals surface area contributed by atoms with Crippen LogP contribution in [0, 0.1) is 6.92 Å². The molecule has 1 atom stereocenters. The molecule has 3 N–H and O–H groups in total. The molecule has 1 aliphatic heterocycles. The highest BCUT2D eigenvalue weighted by molar-refractivity contribution is 7.91. The summed E-state index contributed by atoms with van der Waals surface area (Å²) in [6.07, 6.45) is 1.61. The molecule has 1 heterocycles. The molecule has 0 aliphatic carbocycles. The highest BCUT2D eigenvalue weighted by atomic mass is 32.2. The first-order valence-corrected chi connectivity index (χ1v) is 7.61. The Morgan fingerprint density at radius 2 is 2.18 bits per heavy atom. The molecule has 1 aromatic rings. The Bertz CT molecular complexity index is 511. The summed E-state index contributed by atoms with van der Waals surface area (Å²) in [4.78, 5) is 0. The Balaban J connectivity index is 2.13. The molecule has 1 aliphatic rings. The summed E-state index contributed by atoms with van der Waals surface area (Å²) in [5.41, 5.74) is 8.48. The molecule has 5 heteroatoms. The maximum Gasteiger partial charge on any atom is 0.152 e. The Kier molecular flexibility index (Phi) is 3.28. The van der Waals surface area contributed by atoms with Crippen LogP contribution in [0.2, 0.25) is 0 Å². The van der Waals surface area contributed by atoms with E-state index in [2.05, 4.69) is 5.32 Å². The lowest BCUT2D eigenvalue weighted by atomic mass is 10.1. The monoisotopic (exact) mass is 254 g/mol. The van der Waals surface area contributed by atoms with Crippen LogP contribution in [-0.2, 0) is 9.84 Å². The van der Waals surface area contributed by atoms with E-state index in [1.165, 1.54) is 0 Å². The van der Waals surface area contributed by atoms with Crippen LogP contribution in [0.5, 0.6) is 0 Å². The molecule has 0 spiro atoms. The van der Waals surface area contributed by atoms with Crippen molar-refractivity contribution in [1.82, 2.24) is 0 Å². The van der Waals surface area contributed by atoms with Crippen LogP contribution in [0.15, 0.2) is 18.2 Å². The third kappa shape index (κ3) is 3.12. The maximum absolute atomic E-state index is 11.5. The molecule has 0 bridgehead atoms. The van der Waals surface area contributed by atoms with Gasteiger partial charge in [-0.05, 0) is 37.5 Å². The number of aryl methyl sites for hydroxylation is 1. The number of rotatable bonds is 2. The summed E-state index contributed by atoms with van der Waals surface area (Å²) in [5.74, 6) is 0.523. The molecule has 1 unspecified atom stereocenters. The zero-order chi connectivity index (χ0) is 12.5. The van der Waals surface area contributed by atoms with Crippen LogP contribution in [0.1, 0.15) is 18.4 Å². The fraction of sp³-hybridized carbons (Fsp3) is 0.500. The zero-order valence-electron chi connectivity index (χ0n) is 9.94. The average Bonchev–Trinajstić information content (AvgIpc) is 2.22. The van der Waals surface area contributed by atoms with Crippen LogP contribution in [0.4, 0.5) is 11.4 Å². The highest BCUT2D eigenvalue weighted by Gasteiger charge is 2.24. The van der Waals surface area contributed by atoms with Crippen LogP contribution in [-0.4, -0.2) is 26.0 Å². The second-order valence-electron chi connectivity index (χ2n) is 4.69. The Morgan fingerprint density at radius 1 is 1.41 bits per heavy atom. The van der Waals surface area contributed by atoms with Crippen molar-refractivity contribution >= 4 is 21.2 Å². The molecule has 17 heavy (non-hydrogen) atoms. The molecular weight excluding hydrogens is 236 g/mol. The summed E-state index contributed by atoms with van der Waals surface area (Å²) in [7, 11) is -2.88. The quantitative estimate of drug-likeness (QED) is 0.786. The Morgan fingerprint density at radius 3 is 2.88 bits per heavy atom. The van der Waals surface area contributed by atoms with E-state index in [4.69, 9.17) is 5.73 Å². The van der Waals surface area contributed by atoms with Gasteiger partial charge in [0.15, 0.2) is 9.84 Å². The highest BCUT2D eigenvalue weighted by Crippen LogP contribution is 2.23. The largest absolute Gasteiger partial charge is 0.397 e. The van der Waals surface area contributed by atoms with Crippen LogP contribution in [0.25, 0.3) is 0 Å². The third-order valence-electron chi connectivity index (χ3n) is 3.03. The summed E-state index contributed by atoms with van der Waals surface area (Å²) in [6, 6.07) is 5.72. The van der Waals surface area contributed by atoms with E-state index >= 15 is 0 Å². The van der Waals surface area contributed by atoms with Crippen molar-refractivity contribution < 1.29 is 8.42 Å². The van der Waals surface area contributed by atoms with Gasteiger partial charge in [0.2, 0.25) is 0 Å². The van der Waals surface area contributed by atoms with Gasteiger partial charge in [-0.2, -0.15) is 0 Å². The third-order valence-corrected chi connectivity index (χ3v) is 4.85.